The Kier molecular flexibility index (Phi) is 2.06. The Bertz CT molecular complexity index is 885. The number of amides is 1. The largest absolute Gasteiger partial charge is 0.385 e. The third-order valence-electron chi connectivity index (χ3n) is 4.68. The van der Waals surface area contributed by atoms with E-state index in [1.807, 2.05) is 54.8 Å². The van der Waals surface area contributed by atoms with Crippen molar-refractivity contribution >= 4 is 17.3 Å². The van der Waals surface area contributed by atoms with E-state index in [-0.39, 0.29) is 5.91 Å². The fraction of sp³-hybridized carbons (Fsp3) is 0.111. The second-order valence-corrected chi connectivity index (χ2v) is 5.78. The van der Waals surface area contributed by atoms with Gasteiger partial charge in [-0.1, -0.05) is 30.4 Å². The topological polar surface area (TPSA) is 53.5 Å². The first-order valence-corrected chi connectivity index (χ1v) is 7.34. The lowest BCUT2D eigenvalue weighted by Crippen LogP contribution is -2.37. The van der Waals surface area contributed by atoms with Crippen LogP contribution in [-0.4, -0.2) is 18.2 Å². The van der Waals surface area contributed by atoms with Crippen molar-refractivity contribution in [2.45, 2.75) is 5.41 Å². The van der Waals surface area contributed by atoms with E-state index in [0.29, 0.717) is 6.54 Å². The lowest BCUT2D eigenvalue weighted by atomic mass is 9.70. The average Bonchev–Trinajstić information content (AvgIpc) is 3.05. The van der Waals surface area contributed by atoms with Crippen LogP contribution in [-0.2, 0) is 10.2 Å². The van der Waals surface area contributed by atoms with Crippen LogP contribution in [0, 0.1) is 0 Å². The van der Waals surface area contributed by atoms with Gasteiger partial charge in [0.1, 0.15) is 5.41 Å². The molecule has 1 aromatic rings. The quantitative estimate of drug-likeness (QED) is 0.768. The number of benzene rings is 1. The van der Waals surface area contributed by atoms with Crippen LogP contribution >= 0.6 is 0 Å². The van der Waals surface area contributed by atoms with Crippen LogP contribution in [0.4, 0.5) is 5.69 Å². The molecule has 4 heteroatoms. The standard InChI is InChI=1S/C18H13N3O/c22-17-18(12-4-1-2-5-13(12)21-17)8-3-6-14-16(18)11-7-9-19-10-15(11)20-14/h1-9,19H,10H2,(H,21,22). The van der Waals surface area contributed by atoms with Gasteiger partial charge in [-0.25, -0.2) is 0 Å². The molecule has 1 aromatic carbocycles. The van der Waals surface area contributed by atoms with Crippen molar-refractivity contribution in [3.8, 4) is 0 Å². The van der Waals surface area contributed by atoms with E-state index < -0.39 is 5.41 Å². The summed E-state index contributed by atoms with van der Waals surface area (Å²) in [5.41, 5.74) is 5.11. The summed E-state index contributed by atoms with van der Waals surface area (Å²) >= 11 is 0. The summed E-state index contributed by atoms with van der Waals surface area (Å²) in [7, 11) is 0. The van der Waals surface area contributed by atoms with Crippen molar-refractivity contribution in [2.24, 2.45) is 4.99 Å². The number of hydrogen-bond acceptors (Lipinski definition) is 3. The second-order valence-electron chi connectivity index (χ2n) is 5.78. The molecular formula is C18H13N3O. The number of hydrogen-bond donors (Lipinski definition) is 2. The molecule has 0 saturated heterocycles. The molecule has 1 atom stereocenters. The number of rotatable bonds is 0. The Hall–Kier alpha value is -2.88. The number of fused-ring (bicyclic) bond motifs is 5. The van der Waals surface area contributed by atoms with Gasteiger partial charge in [-0.2, -0.15) is 0 Å². The van der Waals surface area contributed by atoms with Gasteiger partial charge in [0.05, 0.1) is 18.0 Å². The molecular weight excluding hydrogens is 274 g/mol. The summed E-state index contributed by atoms with van der Waals surface area (Å²) in [4.78, 5) is 17.6. The normalized spacial score (nSPS) is 27.0. The van der Waals surface area contributed by atoms with Gasteiger partial charge in [-0.3, -0.25) is 9.79 Å². The molecule has 4 nitrogen and oxygen atoms in total. The van der Waals surface area contributed by atoms with E-state index in [0.717, 1.165) is 33.8 Å². The van der Waals surface area contributed by atoms with Crippen molar-refractivity contribution in [2.75, 3.05) is 11.9 Å². The third kappa shape index (κ3) is 1.23. The number of para-hydroxylation sites is 1. The van der Waals surface area contributed by atoms with Crippen molar-refractivity contribution in [1.82, 2.24) is 5.32 Å². The fourth-order valence-corrected chi connectivity index (χ4v) is 3.75. The molecule has 1 aliphatic carbocycles. The molecule has 3 heterocycles. The van der Waals surface area contributed by atoms with Crippen LogP contribution in [0.15, 0.2) is 76.6 Å². The zero-order chi connectivity index (χ0) is 14.7. The Balaban J connectivity index is 1.85. The van der Waals surface area contributed by atoms with Crippen LogP contribution in [0.25, 0.3) is 0 Å². The van der Waals surface area contributed by atoms with Crippen LogP contribution in [0.2, 0.25) is 0 Å². The Labute approximate surface area is 127 Å². The molecule has 4 aliphatic rings. The second kappa shape index (κ2) is 3.85. The molecule has 0 aromatic heterocycles. The smallest absolute Gasteiger partial charge is 0.243 e. The Morgan fingerprint density at radius 2 is 2.14 bits per heavy atom. The summed E-state index contributed by atoms with van der Waals surface area (Å²) in [6, 6.07) is 7.90. The average molecular weight is 287 g/mol. The maximum absolute atomic E-state index is 12.9. The molecule has 106 valence electrons. The maximum atomic E-state index is 12.9. The number of nitrogens with one attached hydrogen (secondary N) is 2. The number of anilines is 1. The molecule has 1 amide bonds. The highest BCUT2D eigenvalue weighted by Gasteiger charge is 2.52. The zero-order valence-corrected chi connectivity index (χ0v) is 11.8. The summed E-state index contributed by atoms with van der Waals surface area (Å²) in [6.07, 6.45) is 9.87. The number of carbonyl (C=O) groups excluding carboxylic acids is 1. The minimum absolute atomic E-state index is 0.00133. The highest BCUT2D eigenvalue weighted by Crippen LogP contribution is 2.51. The molecule has 2 N–H and O–H groups in total. The number of carbonyl (C=O) groups is 1. The van der Waals surface area contributed by atoms with Crippen molar-refractivity contribution < 1.29 is 4.79 Å². The third-order valence-corrected chi connectivity index (χ3v) is 4.68. The SMILES string of the molecule is O=C1Nc2ccccc2C12C=CC=C1N=C3CNC=CC3=C12. The van der Waals surface area contributed by atoms with E-state index in [9.17, 15) is 4.79 Å². The van der Waals surface area contributed by atoms with Crippen LogP contribution in [0.1, 0.15) is 5.56 Å². The predicted molar refractivity (Wildman–Crippen MR) is 85.6 cm³/mol. The lowest BCUT2D eigenvalue weighted by molar-refractivity contribution is -0.118. The van der Waals surface area contributed by atoms with Crippen LogP contribution < -0.4 is 10.6 Å². The summed E-state index contributed by atoms with van der Waals surface area (Å²) in [5.74, 6) is 0.00133. The maximum Gasteiger partial charge on any atom is 0.243 e. The summed E-state index contributed by atoms with van der Waals surface area (Å²) in [5, 5.41) is 6.21. The minimum Gasteiger partial charge on any atom is -0.385 e. The Morgan fingerprint density at radius 3 is 3.09 bits per heavy atom. The van der Waals surface area contributed by atoms with E-state index >= 15 is 0 Å². The van der Waals surface area contributed by atoms with E-state index in [4.69, 9.17) is 4.99 Å². The predicted octanol–water partition coefficient (Wildman–Crippen LogP) is 2.20. The lowest BCUT2D eigenvalue weighted by Gasteiger charge is -2.29. The first-order chi connectivity index (χ1) is 10.8. The van der Waals surface area contributed by atoms with Gasteiger partial charge in [-0.05, 0) is 30.0 Å². The Morgan fingerprint density at radius 1 is 1.23 bits per heavy atom. The molecule has 1 spiro atoms. The van der Waals surface area contributed by atoms with Crippen molar-refractivity contribution in [3.05, 3.63) is 77.2 Å². The highest BCUT2D eigenvalue weighted by atomic mass is 16.2. The summed E-state index contributed by atoms with van der Waals surface area (Å²) in [6.45, 7) is 0.700. The van der Waals surface area contributed by atoms with Crippen LogP contribution in [0.5, 0.6) is 0 Å². The zero-order valence-electron chi connectivity index (χ0n) is 11.8. The van der Waals surface area contributed by atoms with E-state index in [1.165, 1.54) is 0 Å². The molecule has 0 saturated carbocycles. The molecule has 0 bridgehead atoms. The van der Waals surface area contributed by atoms with Crippen molar-refractivity contribution in [1.29, 1.82) is 0 Å². The number of nitrogens with zero attached hydrogens (tertiary/aromatic N) is 1. The minimum atomic E-state index is -0.761. The van der Waals surface area contributed by atoms with Gasteiger partial charge in [0.25, 0.3) is 0 Å². The monoisotopic (exact) mass is 287 g/mol. The van der Waals surface area contributed by atoms with Gasteiger partial charge in [0.2, 0.25) is 5.91 Å². The van der Waals surface area contributed by atoms with E-state index in [1.54, 1.807) is 0 Å². The molecule has 22 heavy (non-hydrogen) atoms. The first-order valence-electron chi connectivity index (χ1n) is 7.34. The molecule has 0 radical (unpaired) electrons. The van der Waals surface area contributed by atoms with Gasteiger partial charge in [0.15, 0.2) is 0 Å². The highest BCUT2D eigenvalue weighted by molar-refractivity contribution is 6.17. The fourth-order valence-electron chi connectivity index (χ4n) is 3.75. The van der Waals surface area contributed by atoms with Gasteiger partial charge in [0, 0.05) is 16.8 Å². The van der Waals surface area contributed by atoms with Gasteiger partial charge >= 0.3 is 0 Å². The first kappa shape index (κ1) is 11.7. The molecule has 0 fully saturated rings. The number of allylic oxidation sites excluding steroid dienone is 4. The van der Waals surface area contributed by atoms with Gasteiger partial charge in [-0.15, -0.1) is 0 Å². The van der Waals surface area contributed by atoms with Gasteiger partial charge < -0.3 is 10.6 Å². The molecule has 5 rings (SSSR count). The molecule has 3 aliphatic heterocycles. The molecule has 1 unspecified atom stereocenters. The van der Waals surface area contributed by atoms with E-state index in [2.05, 4.69) is 10.6 Å². The van der Waals surface area contributed by atoms with Crippen molar-refractivity contribution in [3.63, 3.8) is 0 Å². The van der Waals surface area contributed by atoms with Crippen LogP contribution in [0.3, 0.4) is 0 Å². The summed E-state index contributed by atoms with van der Waals surface area (Å²) < 4.78 is 0. The number of aliphatic imine (C=N–C) groups is 1.